The maximum Gasteiger partial charge on any atom is 0.233 e. The normalized spacial score (nSPS) is 19.5. The minimum atomic E-state index is -3.19. The van der Waals surface area contributed by atoms with Crippen molar-refractivity contribution >= 4 is 10.0 Å². The molecule has 1 saturated carbocycles. The van der Waals surface area contributed by atoms with Gasteiger partial charge in [-0.05, 0) is 19.3 Å². The van der Waals surface area contributed by atoms with Crippen LogP contribution in [0.1, 0.15) is 39.0 Å². The third-order valence-electron chi connectivity index (χ3n) is 2.12. The number of sulfonamides is 1. The molecule has 4 nitrogen and oxygen atoms in total. The molecule has 0 spiro atoms. The number of rotatable bonds is 5. The first-order valence-electron chi connectivity index (χ1n) is 4.79. The van der Waals surface area contributed by atoms with Gasteiger partial charge in [-0.1, -0.05) is 24.7 Å². The van der Waals surface area contributed by atoms with E-state index in [9.17, 15) is 8.42 Å². The Balaban J connectivity index is 2.24. The molecule has 13 heavy (non-hydrogen) atoms. The second-order valence-corrected chi connectivity index (χ2v) is 5.23. The van der Waals surface area contributed by atoms with Crippen molar-refractivity contribution in [2.45, 2.75) is 45.1 Å². The van der Waals surface area contributed by atoms with Crippen LogP contribution in [0.2, 0.25) is 0 Å². The summed E-state index contributed by atoms with van der Waals surface area (Å²) in [5, 5.41) is 0. The van der Waals surface area contributed by atoms with Crippen LogP contribution in [0.15, 0.2) is 0 Å². The fraction of sp³-hybridized carbons (Fsp3) is 1.00. The van der Waals surface area contributed by atoms with Crippen molar-refractivity contribution in [1.29, 1.82) is 0 Å². The van der Waals surface area contributed by atoms with Crippen LogP contribution in [0.4, 0.5) is 0 Å². The largest absolute Gasteiger partial charge is 0.284 e. The van der Waals surface area contributed by atoms with Gasteiger partial charge in [0, 0.05) is 0 Å². The van der Waals surface area contributed by atoms with Gasteiger partial charge >= 0.3 is 0 Å². The van der Waals surface area contributed by atoms with Gasteiger partial charge in [0.15, 0.2) is 0 Å². The molecule has 1 N–H and O–H groups in total. The fourth-order valence-electron chi connectivity index (χ4n) is 1.46. The van der Waals surface area contributed by atoms with E-state index in [0.717, 1.165) is 25.7 Å². The SMILES string of the molecule is CCCS(=O)(=O)NOC1CCCC1. The van der Waals surface area contributed by atoms with Crippen molar-refractivity contribution in [3.8, 4) is 0 Å². The highest BCUT2D eigenvalue weighted by Crippen LogP contribution is 2.20. The van der Waals surface area contributed by atoms with Crippen LogP contribution in [0.5, 0.6) is 0 Å². The third kappa shape index (κ3) is 4.06. The first kappa shape index (κ1) is 10.9. The summed E-state index contributed by atoms with van der Waals surface area (Å²) in [6, 6.07) is 0. The van der Waals surface area contributed by atoms with Crippen LogP contribution in [0.25, 0.3) is 0 Å². The van der Waals surface area contributed by atoms with E-state index in [1.54, 1.807) is 0 Å². The van der Waals surface area contributed by atoms with Gasteiger partial charge in [-0.3, -0.25) is 4.84 Å². The van der Waals surface area contributed by atoms with Crippen LogP contribution in [-0.4, -0.2) is 20.3 Å². The second kappa shape index (κ2) is 4.93. The molecule has 78 valence electrons. The second-order valence-electron chi connectivity index (χ2n) is 3.43. The van der Waals surface area contributed by atoms with Gasteiger partial charge in [0.2, 0.25) is 10.0 Å². The molecular weight excluding hydrogens is 190 g/mol. The van der Waals surface area contributed by atoms with Gasteiger partial charge in [-0.15, -0.1) is 0 Å². The molecule has 0 heterocycles. The average Bonchev–Trinajstić information content (AvgIpc) is 2.52. The van der Waals surface area contributed by atoms with E-state index in [2.05, 4.69) is 4.89 Å². The lowest BCUT2D eigenvalue weighted by atomic mass is 10.3. The Kier molecular flexibility index (Phi) is 4.15. The van der Waals surface area contributed by atoms with E-state index in [-0.39, 0.29) is 11.9 Å². The number of hydrogen-bond acceptors (Lipinski definition) is 3. The molecule has 0 amide bonds. The maximum atomic E-state index is 11.2. The Morgan fingerprint density at radius 2 is 2.00 bits per heavy atom. The van der Waals surface area contributed by atoms with Crippen LogP contribution in [0.3, 0.4) is 0 Å². The summed E-state index contributed by atoms with van der Waals surface area (Å²) < 4.78 is 22.3. The Labute approximate surface area is 79.7 Å². The summed E-state index contributed by atoms with van der Waals surface area (Å²) in [7, 11) is -3.19. The van der Waals surface area contributed by atoms with Crippen molar-refractivity contribution in [2.24, 2.45) is 0 Å². The van der Waals surface area contributed by atoms with Crippen molar-refractivity contribution in [1.82, 2.24) is 4.89 Å². The molecule has 1 rings (SSSR count). The first-order chi connectivity index (χ1) is 6.14. The molecular formula is C8H17NO3S. The van der Waals surface area contributed by atoms with E-state index in [1.165, 1.54) is 0 Å². The van der Waals surface area contributed by atoms with Crippen molar-refractivity contribution < 1.29 is 13.3 Å². The summed E-state index contributed by atoms with van der Waals surface area (Å²) in [5.74, 6) is 0.139. The average molecular weight is 207 g/mol. The maximum absolute atomic E-state index is 11.2. The van der Waals surface area contributed by atoms with Gasteiger partial charge in [0.1, 0.15) is 0 Å². The predicted molar refractivity (Wildman–Crippen MR) is 50.6 cm³/mol. The Hall–Kier alpha value is -0.130. The topological polar surface area (TPSA) is 55.4 Å². The molecule has 5 heteroatoms. The Morgan fingerprint density at radius 3 is 2.54 bits per heavy atom. The van der Waals surface area contributed by atoms with Gasteiger partial charge in [-0.2, -0.15) is 0 Å². The molecule has 0 bridgehead atoms. The van der Waals surface area contributed by atoms with Crippen LogP contribution in [-0.2, 0) is 14.9 Å². The van der Waals surface area contributed by atoms with Crippen molar-refractivity contribution in [3.63, 3.8) is 0 Å². The summed E-state index contributed by atoms with van der Waals surface area (Å²) in [4.78, 5) is 7.26. The van der Waals surface area contributed by atoms with E-state index in [4.69, 9.17) is 4.84 Å². The smallest absolute Gasteiger partial charge is 0.233 e. The van der Waals surface area contributed by atoms with Crippen LogP contribution in [0, 0.1) is 0 Å². The highest BCUT2D eigenvalue weighted by Gasteiger charge is 2.18. The fourth-order valence-corrected chi connectivity index (χ4v) is 2.36. The van der Waals surface area contributed by atoms with Gasteiger partial charge in [0.25, 0.3) is 0 Å². The Bertz CT molecular complexity index is 232. The molecule has 1 aliphatic rings. The molecule has 1 aliphatic carbocycles. The highest BCUT2D eigenvalue weighted by atomic mass is 32.2. The lowest BCUT2D eigenvalue weighted by Gasteiger charge is -2.11. The van der Waals surface area contributed by atoms with E-state index in [0.29, 0.717) is 6.42 Å². The van der Waals surface area contributed by atoms with Crippen LogP contribution < -0.4 is 4.89 Å². The highest BCUT2D eigenvalue weighted by molar-refractivity contribution is 7.89. The van der Waals surface area contributed by atoms with E-state index < -0.39 is 10.0 Å². The number of hydrogen-bond donors (Lipinski definition) is 1. The minimum absolute atomic E-state index is 0.0895. The molecule has 0 aromatic heterocycles. The van der Waals surface area contributed by atoms with Crippen LogP contribution >= 0.6 is 0 Å². The molecule has 0 aliphatic heterocycles. The summed E-state index contributed by atoms with van der Waals surface area (Å²) in [6.45, 7) is 1.83. The molecule has 0 atom stereocenters. The van der Waals surface area contributed by atoms with Gasteiger partial charge < -0.3 is 0 Å². The lowest BCUT2D eigenvalue weighted by Crippen LogP contribution is -2.30. The quantitative estimate of drug-likeness (QED) is 0.689. The monoisotopic (exact) mass is 207 g/mol. The Morgan fingerprint density at radius 1 is 1.38 bits per heavy atom. The van der Waals surface area contributed by atoms with Crippen molar-refractivity contribution in [2.75, 3.05) is 5.75 Å². The van der Waals surface area contributed by atoms with Gasteiger partial charge in [0.05, 0.1) is 11.9 Å². The number of nitrogens with one attached hydrogen (secondary N) is 1. The first-order valence-corrected chi connectivity index (χ1v) is 6.44. The zero-order chi connectivity index (χ0) is 9.73. The van der Waals surface area contributed by atoms with Crippen molar-refractivity contribution in [3.05, 3.63) is 0 Å². The summed E-state index contributed by atoms with van der Waals surface area (Å²) >= 11 is 0. The third-order valence-corrected chi connectivity index (χ3v) is 3.41. The molecule has 0 aromatic carbocycles. The molecule has 0 saturated heterocycles. The zero-order valence-corrected chi connectivity index (χ0v) is 8.77. The predicted octanol–water partition coefficient (Wildman–Crippen LogP) is 1.19. The summed E-state index contributed by atoms with van der Waals surface area (Å²) in [5.41, 5.74) is 0. The zero-order valence-electron chi connectivity index (χ0n) is 7.95. The standard InChI is InChI=1S/C8H17NO3S/c1-2-7-13(10,11)9-12-8-5-3-4-6-8/h8-9H,2-7H2,1H3. The summed E-state index contributed by atoms with van der Waals surface area (Å²) in [6.07, 6.45) is 4.92. The lowest BCUT2D eigenvalue weighted by molar-refractivity contribution is 0.0224. The molecule has 0 radical (unpaired) electrons. The van der Waals surface area contributed by atoms with E-state index >= 15 is 0 Å². The molecule has 1 fully saturated rings. The van der Waals surface area contributed by atoms with Gasteiger partial charge in [-0.25, -0.2) is 8.42 Å². The van der Waals surface area contributed by atoms with E-state index in [1.807, 2.05) is 6.92 Å². The molecule has 0 unspecified atom stereocenters. The molecule has 0 aromatic rings. The minimum Gasteiger partial charge on any atom is -0.284 e.